The lowest BCUT2D eigenvalue weighted by atomic mass is 10.2. The Morgan fingerprint density at radius 3 is 3.06 bits per heavy atom. The van der Waals surface area contributed by atoms with Crippen molar-refractivity contribution < 1.29 is 4.74 Å². The third-order valence-electron chi connectivity index (χ3n) is 2.89. The van der Waals surface area contributed by atoms with Crippen LogP contribution in [0.5, 0.6) is 0 Å². The predicted octanol–water partition coefficient (Wildman–Crippen LogP) is 2.57. The van der Waals surface area contributed by atoms with Crippen LogP contribution in [-0.2, 0) is 4.74 Å². The third kappa shape index (κ3) is 3.57. The summed E-state index contributed by atoms with van der Waals surface area (Å²) in [4.78, 5) is 4.25. The molecule has 1 fully saturated rings. The highest BCUT2D eigenvalue weighted by Gasteiger charge is 2.20. The molecule has 4 nitrogen and oxygen atoms in total. The van der Waals surface area contributed by atoms with E-state index in [9.17, 15) is 0 Å². The van der Waals surface area contributed by atoms with Gasteiger partial charge in [0.05, 0.1) is 23.0 Å². The fourth-order valence-electron chi connectivity index (χ4n) is 1.49. The molecule has 0 atom stereocenters. The molecule has 5 heteroatoms. The van der Waals surface area contributed by atoms with Crippen molar-refractivity contribution in [1.82, 2.24) is 4.98 Å². The third-order valence-corrected chi connectivity index (χ3v) is 3.86. The maximum atomic E-state index is 5.76. The quantitative estimate of drug-likeness (QED) is 0.793. The zero-order valence-corrected chi connectivity index (χ0v) is 11.6. The Morgan fingerprint density at radius 2 is 2.35 bits per heavy atom. The number of nitrogens with one attached hydrogen (secondary N) is 1. The molecule has 94 valence electrons. The number of nitrogens with zero attached hydrogens (tertiary/aromatic N) is 1. The second-order valence-electron chi connectivity index (χ2n) is 4.45. The lowest BCUT2D eigenvalue weighted by Crippen LogP contribution is -2.12. The van der Waals surface area contributed by atoms with Crippen LogP contribution in [0.3, 0.4) is 0 Å². The summed E-state index contributed by atoms with van der Waals surface area (Å²) >= 11 is 3.49. The molecular weight excluding hydrogens is 282 g/mol. The highest BCUT2D eigenvalue weighted by molar-refractivity contribution is 9.10. The monoisotopic (exact) mass is 299 g/mol. The minimum atomic E-state index is 0.701. The lowest BCUT2D eigenvalue weighted by molar-refractivity contribution is 0.134. The molecule has 1 saturated carbocycles. The number of halogens is 1. The van der Waals surface area contributed by atoms with E-state index in [0.29, 0.717) is 12.3 Å². The number of aromatic nitrogens is 1. The molecule has 3 N–H and O–H groups in total. The van der Waals surface area contributed by atoms with Crippen LogP contribution in [-0.4, -0.2) is 24.7 Å². The van der Waals surface area contributed by atoms with E-state index in [2.05, 4.69) is 26.2 Å². The van der Waals surface area contributed by atoms with E-state index >= 15 is 0 Å². The Bertz CT molecular complexity index is 394. The van der Waals surface area contributed by atoms with Crippen LogP contribution in [0.25, 0.3) is 0 Å². The molecule has 0 unspecified atom stereocenters. The molecule has 17 heavy (non-hydrogen) atoms. The first-order valence-corrected chi connectivity index (χ1v) is 6.70. The number of ether oxygens (including phenoxy) is 1. The van der Waals surface area contributed by atoms with Crippen LogP contribution in [0.15, 0.2) is 10.7 Å². The number of rotatable bonds is 6. The first-order chi connectivity index (χ1) is 8.18. The highest BCUT2D eigenvalue weighted by atomic mass is 79.9. The normalized spacial score (nSPS) is 14.9. The molecule has 0 bridgehead atoms. The van der Waals surface area contributed by atoms with Crippen LogP contribution >= 0.6 is 15.9 Å². The SMILES string of the molecule is Cc1c(N)cnc(NCCOCC2CC2)c1Br. The van der Waals surface area contributed by atoms with Gasteiger partial charge in [0, 0.05) is 13.2 Å². The van der Waals surface area contributed by atoms with E-state index in [1.165, 1.54) is 12.8 Å². The summed E-state index contributed by atoms with van der Waals surface area (Å²) < 4.78 is 6.47. The van der Waals surface area contributed by atoms with Gasteiger partial charge in [-0.15, -0.1) is 0 Å². The maximum Gasteiger partial charge on any atom is 0.140 e. The van der Waals surface area contributed by atoms with Gasteiger partial charge in [0.15, 0.2) is 0 Å². The van der Waals surface area contributed by atoms with Crippen LogP contribution in [0.1, 0.15) is 18.4 Å². The molecule has 0 spiro atoms. The molecule has 1 aliphatic rings. The van der Waals surface area contributed by atoms with Gasteiger partial charge in [0.25, 0.3) is 0 Å². The molecule has 1 heterocycles. The summed E-state index contributed by atoms with van der Waals surface area (Å²) in [5, 5.41) is 3.24. The summed E-state index contributed by atoms with van der Waals surface area (Å²) in [7, 11) is 0. The number of hydrogen-bond acceptors (Lipinski definition) is 4. The van der Waals surface area contributed by atoms with Gasteiger partial charge < -0.3 is 15.8 Å². The molecule has 0 amide bonds. The fraction of sp³-hybridized carbons (Fsp3) is 0.583. The van der Waals surface area contributed by atoms with Crippen molar-refractivity contribution in [2.24, 2.45) is 5.92 Å². The Morgan fingerprint density at radius 1 is 1.59 bits per heavy atom. The van der Waals surface area contributed by atoms with Crippen molar-refractivity contribution in [3.63, 3.8) is 0 Å². The zero-order valence-electron chi connectivity index (χ0n) is 10.0. The Labute approximate surface area is 110 Å². The topological polar surface area (TPSA) is 60.2 Å². The molecule has 0 aliphatic heterocycles. The molecule has 2 rings (SSSR count). The van der Waals surface area contributed by atoms with Crippen LogP contribution in [0.2, 0.25) is 0 Å². The minimum absolute atomic E-state index is 0.701. The van der Waals surface area contributed by atoms with Crippen LogP contribution in [0, 0.1) is 12.8 Å². The second-order valence-corrected chi connectivity index (χ2v) is 5.24. The maximum absolute atomic E-state index is 5.76. The number of pyridine rings is 1. The van der Waals surface area contributed by atoms with E-state index in [1.807, 2.05) is 6.92 Å². The van der Waals surface area contributed by atoms with E-state index in [0.717, 1.165) is 34.9 Å². The van der Waals surface area contributed by atoms with Crippen molar-refractivity contribution in [3.05, 3.63) is 16.2 Å². The smallest absolute Gasteiger partial charge is 0.140 e. The van der Waals surface area contributed by atoms with E-state index in [-0.39, 0.29) is 0 Å². The van der Waals surface area contributed by atoms with Crippen molar-refractivity contribution in [1.29, 1.82) is 0 Å². The molecule has 1 aromatic heterocycles. The van der Waals surface area contributed by atoms with Crippen LogP contribution in [0.4, 0.5) is 11.5 Å². The van der Waals surface area contributed by atoms with E-state index in [4.69, 9.17) is 10.5 Å². The minimum Gasteiger partial charge on any atom is -0.397 e. The Hall–Kier alpha value is -0.810. The average Bonchev–Trinajstić information content (AvgIpc) is 3.12. The first-order valence-electron chi connectivity index (χ1n) is 5.90. The number of anilines is 2. The summed E-state index contributed by atoms with van der Waals surface area (Å²) in [5.74, 6) is 1.64. The lowest BCUT2D eigenvalue weighted by Gasteiger charge is -2.10. The van der Waals surface area contributed by atoms with Crippen molar-refractivity contribution in [3.8, 4) is 0 Å². The zero-order chi connectivity index (χ0) is 12.3. The van der Waals surface area contributed by atoms with Crippen molar-refractivity contribution in [2.45, 2.75) is 19.8 Å². The summed E-state index contributed by atoms with van der Waals surface area (Å²) in [5.41, 5.74) is 7.48. The Kier molecular flexibility index (Phi) is 4.23. The average molecular weight is 300 g/mol. The predicted molar refractivity (Wildman–Crippen MR) is 73.1 cm³/mol. The number of nitrogens with two attached hydrogens (primary N) is 1. The first kappa shape index (κ1) is 12.6. The molecule has 0 aromatic carbocycles. The van der Waals surface area contributed by atoms with Gasteiger partial charge in [0.2, 0.25) is 0 Å². The number of hydrogen-bond donors (Lipinski definition) is 2. The van der Waals surface area contributed by atoms with Crippen molar-refractivity contribution in [2.75, 3.05) is 30.8 Å². The van der Waals surface area contributed by atoms with Gasteiger partial charge in [-0.1, -0.05) is 0 Å². The highest BCUT2D eigenvalue weighted by Crippen LogP contribution is 2.29. The van der Waals surface area contributed by atoms with Gasteiger partial charge in [-0.3, -0.25) is 0 Å². The summed E-state index contributed by atoms with van der Waals surface area (Å²) in [6.45, 7) is 4.35. The van der Waals surface area contributed by atoms with Gasteiger partial charge in [0.1, 0.15) is 5.82 Å². The Balaban J connectivity index is 1.75. The molecule has 1 aromatic rings. The summed E-state index contributed by atoms with van der Waals surface area (Å²) in [6, 6.07) is 0. The summed E-state index contributed by atoms with van der Waals surface area (Å²) in [6.07, 6.45) is 4.34. The van der Waals surface area contributed by atoms with Crippen LogP contribution < -0.4 is 11.1 Å². The molecule has 0 saturated heterocycles. The second kappa shape index (κ2) is 5.69. The molecule has 1 aliphatic carbocycles. The molecule has 0 radical (unpaired) electrons. The van der Waals surface area contributed by atoms with Gasteiger partial charge in [-0.25, -0.2) is 4.98 Å². The molecular formula is C12H18BrN3O. The van der Waals surface area contributed by atoms with Gasteiger partial charge >= 0.3 is 0 Å². The standard InChI is InChI=1S/C12H18BrN3O/c1-8-10(14)6-16-12(11(8)13)15-4-5-17-7-9-2-3-9/h6,9H,2-5,7,14H2,1H3,(H,15,16). The largest absolute Gasteiger partial charge is 0.397 e. The fourth-order valence-corrected chi connectivity index (χ4v) is 1.96. The van der Waals surface area contributed by atoms with Gasteiger partial charge in [-0.2, -0.15) is 0 Å². The van der Waals surface area contributed by atoms with E-state index in [1.54, 1.807) is 6.20 Å². The number of nitrogen functional groups attached to an aromatic ring is 1. The van der Waals surface area contributed by atoms with E-state index < -0.39 is 0 Å². The van der Waals surface area contributed by atoms with Crippen molar-refractivity contribution >= 4 is 27.4 Å². The van der Waals surface area contributed by atoms with Gasteiger partial charge in [-0.05, 0) is 47.2 Å².